The van der Waals surface area contributed by atoms with E-state index in [2.05, 4.69) is 25.6 Å². The summed E-state index contributed by atoms with van der Waals surface area (Å²) in [5.74, 6) is 0.154. The Labute approximate surface area is 209 Å². The molecule has 0 aliphatic heterocycles. The molecule has 3 aromatic heterocycles. The fraction of sp³-hybridized carbons (Fsp3) is 0.308. The predicted octanol–water partition coefficient (Wildman–Crippen LogP) is 4.16. The van der Waals surface area contributed by atoms with Gasteiger partial charge < -0.3 is 20.3 Å². The van der Waals surface area contributed by atoms with Crippen molar-refractivity contribution in [3.8, 4) is 0 Å². The molecule has 0 atom stereocenters. The van der Waals surface area contributed by atoms with Gasteiger partial charge in [0.1, 0.15) is 5.82 Å². The van der Waals surface area contributed by atoms with Crippen molar-refractivity contribution in [1.29, 1.82) is 0 Å². The molecule has 1 aromatic carbocycles. The molecule has 2 amide bonds. The molecule has 0 saturated heterocycles. The number of ether oxygens (including phenoxy) is 1. The summed E-state index contributed by atoms with van der Waals surface area (Å²) in [5.41, 5.74) is 2.75. The number of carbonyl (C=O) groups excluding carboxylic acids is 2. The molecule has 0 aliphatic rings. The van der Waals surface area contributed by atoms with E-state index in [0.29, 0.717) is 17.9 Å². The van der Waals surface area contributed by atoms with Gasteiger partial charge in [-0.15, -0.1) is 0 Å². The van der Waals surface area contributed by atoms with Gasteiger partial charge in [0.2, 0.25) is 0 Å². The Bertz CT molecular complexity index is 1390. The number of nitrogens with zero attached hydrogens (tertiary/aromatic N) is 5. The van der Waals surface area contributed by atoms with Gasteiger partial charge in [0, 0.05) is 69.2 Å². The zero-order valence-electron chi connectivity index (χ0n) is 21.1. The molecule has 3 heterocycles. The molecular formula is C26H31N7O3. The molecule has 10 nitrogen and oxygen atoms in total. The Morgan fingerprint density at radius 1 is 1.14 bits per heavy atom. The molecule has 10 heteroatoms. The molecule has 0 saturated carbocycles. The number of fused-ring (bicyclic) bond motifs is 1. The summed E-state index contributed by atoms with van der Waals surface area (Å²) in [5, 5.41) is 10.5. The summed E-state index contributed by atoms with van der Waals surface area (Å²) in [6.45, 7) is 4.75. The number of methoxy groups -OCH3 is 1. The van der Waals surface area contributed by atoms with Crippen LogP contribution in [0.25, 0.3) is 10.9 Å². The van der Waals surface area contributed by atoms with Crippen molar-refractivity contribution in [1.82, 2.24) is 24.6 Å². The topological polar surface area (TPSA) is 106 Å². The van der Waals surface area contributed by atoms with Crippen LogP contribution in [-0.4, -0.2) is 57.6 Å². The van der Waals surface area contributed by atoms with Crippen LogP contribution >= 0.6 is 0 Å². The van der Waals surface area contributed by atoms with E-state index in [1.54, 1.807) is 49.0 Å². The van der Waals surface area contributed by atoms with E-state index in [1.807, 2.05) is 50.2 Å². The van der Waals surface area contributed by atoms with Gasteiger partial charge in [-0.05, 0) is 50.6 Å². The minimum Gasteiger partial charge on any atom is -0.379 e. The van der Waals surface area contributed by atoms with Gasteiger partial charge in [0.25, 0.3) is 5.91 Å². The lowest BCUT2D eigenvalue weighted by atomic mass is 10.0. The van der Waals surface area contributed by atoms with Gasteiger partial charge in [-0.2, -0.15) is 5.10 Å². The first-order valence-electron chi connectivity index (χ1n) is 11.6. The predicted molar refractivity (Wildman–Crippen MR) is 140 cm³/mol. The highest BCUT2D eigenvalue weighted by molar-refractivity contribution is 6.03. The quantitative estimate of drug-likeness (QED) is 0.385. The molecule has 0 spiro atoms. The lowest BCUT2D eigenvalue weighted by Crippen LogP contribution is -2.30. The lowest BCUT2D eigenvalue weighted by molar-refractivity contribution is 0.0176. The second kappa shape index (κ2) is 10.2. The second-order valence-electron chi connectivity index (χ2n) is 9.11. The zero-order chi connectivity index (χ0) is 25.9. The summed E-state index contributed by atoms with van der Waals surface area (Å²) in [6.07, 6.45) is 7.34. The van der Waals surface area contributed by atoms with Crippen LogP contribution in [0.4, 0.5) is 22.0 Å². The van der Waals surface area contributed by atoms with Crippen molar-refractivity contribution in [2.75, 3.05) is 30.9 Å². The molecule has 4 aromatic rings. The number of pyridine rings is 1. The van der Waals surface area contributed by atoms with Crippen LogP contribution in [-0.2, 0) is 11.8 Å². The standard InChI is InChI=1S/C26H31N7O3/c1-26(2,36-5)10-13-32(20-6-7-22-18(14-20)9-12-33(22)25(35)27-3)21-8-11-28-23(15-21)30-24(34)19-16-29-31(4)17-19/h6-9,11-12,14-17H,10,13H2,1-5H3,(H,27,35)(H,28,30,34). The normalized spacial score (nSPS) is 11.5. The summed E-state index contributed by atoms with van der Waals surface area (Å²) in [4.78, 5) is 31.3. The van der Waals surface area contributed by atoms with Gasteiger partial charge in [0.05, 0.1) is 22.9 Å². The van der Waals surface area contributed by atoms with Gasteiger partial charge in [0.15, 0.2) is 0 Å². The SMILES string of the molecule is CNC(=O)n1ccc2cc(N(CCC(C)(C)OC)c3ccnc(NC(=O)c4cnn(C)c4)c3)ccc21. The molecule has 0 fully saturated rings. The average Bonchev–Trinajstić information content (AvgIpc) is 3.50. The molecule has 0 radical (unpaired) electrons. The highest BCUT2D eigenvalue weighted by Crippen LogP contribution is 2.31. The molecule has 188 valence electrons. The summed E-state index contributed by atoms with van der Waals surface area (Å²) >= 11 is 0. The number of aromatic nitrogens is 4. The first kappa shape index (κ1) is 24.9. The Morgan fingerprint density at radius 2 is 1.92 bits per heavy atom. The summed E-state index contributed by atoms with van der Waals surface area (Å²) < 4.78 is 8.80. The van der Waals surface area contributed by atoms with Crippen LogP contribution in [0.2, 0.25) is 0 Å². The van der Waals surface area contributed by atoms with Crippen molar-refractivity contribution in [3.63, 3.8) is 0 Å². The lowest BCUT2D eigenvalue weighted by Gasteiger charge is -2.30. The zero-order valence-corrected chi connectivity index (χ0v) is 21.1. The van der Waals surface area contributed by atoms with Crippen molar-refractivity contribution in [3.05, 3.63) is 66.7 Å². The van der Waals surface area contributed by atoms with E-state index in [-0.39, 0.29) is 17.5 Å². The molecule has 0 unspecified atom stereocenters. The van der Waals surface area contributed by atoms with Crippen LogP contribution in [0.3, 0.4) is 0 Å². The number of amides is 2. The highest BCUT2D eigenvalue weighted by atomic mass is 16.5. The van der Waals surface area contributed by atoms with Crippen LogP contribution in [0.5, 0.6) is 0 Å². The van der Waals surface area contributed by atoms with Crippen LogP contribution in [0, 0.1) is 0 Å². The van der Waals surface area contributed by atoms with E-state index in [1.165, 1.54) is 6.20 Å². The minimum atomic E-state index is -0.324. The highest BCUT2D eigenvalue weighted by Gasteiger charge is 2.21. The van der Waals surface area contributed by atoms with Gasteiger partial charge in [-0.3, -0.25) is 14.0 Å². The van der Waals surface area contributed by atoms with Crippen molar-refractivity contribution < 1.29 is 14.3 Å². The van der Waals surface area contributed by atoms with Gasteiger partial charge in [-0.1, -0.05) is 0 Å². The Balaban J connectivity index is 1.67. The van der Waals surface area contributed by atoms with E-state index in [0.717, 1.165) is 28.7 Å². The van der Waals surface area contributed by atoms with E-state index in [9.17, 15) is 9.59 Å². The number of anilines is 3. The van der Waals surface area contributed by atoms with Gasteiger partial charge in [-0.25, -0.2) is 9.78 Å². The molecule has 0 bridgehead atoms. The third-order valence-electron chi connectivity index (χ3n) is 6.17. The summed E-state index contributed by atoms with van der Waals surface area (Å²) in [6, 6.07) is 11.4. The maximum absolute atomic E-state index is 12.6. The fourth-order valence-corrected chi connectivity index (χ4v) is 3.87. The molecule has 4 rings (SSSR count). The van der Waals surface area contributed by atoms with Crippen LogP contribution in [0.15, 0.2) is 61.2 Å². The number of hydrogen-bond donors (Lipinski definition) is 2. The van der Waals surface area contributed by atoms with Crippen LogP contribution in [0.1, 0.15) is 30.6 Å². The minimum absolute atomic E-state index is 0.195. The smallest absolute Gasteiger partial charge is 0.325 e. The Hall–Kier alpha value is -4.18. The number of hydrogen-bond acceptors (Lipinski definition) is 6. The maximum atomic E-state index is 12.6. The average molecular weight is 490 g/mol. The number of aryl methyl sites for hydroxylation is 1. The Kier molecular flexibility index (Phi) is 7.07. The van der Waals surface area contributed by atoms with E-state index < -0.39 is 0 Å². The molecule has 0 aliphatic carbocycles. The number of benzene rings is 1. The maximum Gasteiger partial charge on any atom is 0.325 e. The first-order valence-corrected chi connectivity index (χ1v) is 11.6. The molecule has 2 N–H and O–H groups in total. The third-order valence-corrected chi connectivity index (χ3v) is 6.17. The van der Waals surface area contributed by atoms with Crippen molar-refractivity contribution in [2.45, 2.75) is 25.9 Å². The van der Waals surface area contributed by atoms with Crippen LogP contribution < -0.4 is 15.5 Å². The largest absolute Gasteiger partial charge is 0.379 e. The third kappa shape index (κ3) is 5.38. The van der Waals surface area contributed by atoms with E-state index in [4.69, 9.17) is 4.74 Å². The number of rotatable bonds is 8. The number of carbonyl (C=O) groups is 2. The van der Waals surface area contributed by atoms with Crippen molar-refractivity contribution >= 4 is 40.0 Å². The van der Waals surface area contributed by atoms with E-state index >= 15 is 0 Å². The molecular weight excluding hydrogens is 458 g/mol. The van der Waals surface area contributed by atoms with Crippen molar-refractivity contribution in [2.24, 2.45) is 7.05 Å². The monoisotopic (exact) mass is 489 g/mol. The fourth-order valence-electron chi connectivity index (χ4n) is 3.87. The first-order chi connectivity index (χ1) is 17.2. The molecule has 36 heavy (non-hydrogen) atoms. The van der Waals surface area contributed by atoms with Gasteiger partial charge >= 0.3 is 6.03 Å². The second-order valence-corrected chi connectivity index (χ2v) is 9.11. The summed E-state index contributed by atoms with van der Waals surface area (Å²) in [7, 11) is 5.07. The number of nitrogens with one attached hydrogen (secondary N) is 2. The Morgan fingerprint density at radius 3 is 2.61 bits per heavy atom.